The van der Waals surface area contributed by atoms with Crippen molar-refractivity contribution in [3.8, 4) is 0 Å². The van der Waals surface area contributed by atoms with Gasteiger partial charge in [-0.05, 0) is 23.6 Å². The number of aliphatic hydroxyl groups is 1. The lowest BCUT2D eigenvalue weighted by molar-refractivity contribution is -0.693. The Kier molecular flexibility index (Phi) is 11.0. The molecule has 3 rings (SSSR count). The molecule has 2 atom stereocenters. The summed E-state index contributed by atoms with van der Waals surface area (Å²) in [5.41, 5.74) is 2.95. The summed E-state index contributed by atoms with van der Waals surface area (Å²) >= 11 is 0. The summed E-state index contributed by atoms with van der Waals surface area (Å²) in [5.74, 6) is -0.0415. The molecule has 2 unspecified atom stereocenters. The number of quaternary nitrogens is 1. The molecular formula is C25H30ClNO3. The van der Waals surface area contributed by atoms with Crippen molar-refractivity contribution in [3.05, 3.63) is 108 Å². The van der Waals surface area contributed by atoms with Crippen LogP contribution in [0, 0.1) is 0 Å². The maximum absolute atomic E-state index is 13.1. The predicted molar refractivity (Wildman–Crippen MR) is 116 cm³/mol. The molecule has 3 aromatic rings. The number of halogens is 1. The van der Waals surface area contributed by atoms with E-state index in [2.05, 4.69) is 5.32 Å². The highest BCUT2D eigenvalue weighted by Crippen LogP contribution is 2.26. The summed E-state index contributed by atoms with van der Waals surface area (Å²) in [4.78, 5) is 13.1. The van der Waals surface area contributed by atoms with E-state index in [9.17, 15) is 9.90 Å². The minimum absolute atomic E-state index is 0. The van der Waals surface area contributed by atoms with Crippen molar-refractivity contribution in [3.63, 3.8) is 0 Å². The second-order valence-corrected chi connectivity index (χ2v) is 7.21. The summed E-state index contributed by atoms with van der Waals surface area (Å²) in [5, 5.41) is 12.6. The van der Waals surface area contributed by atoms with Gasteiger partial charge < -0.3 is 28.3 Å². The first-order chi connectivity index (χ1) is 13.7. The zero-order chi connectivity index (χ0) is 19.8. The highest BCUT2D eigenvalue weighted by atomic mass is 35.5. The Hall–Kier alpha value is -2.50. The summed E-state index contributed by atoms with van der Waals surface area (Å²) in [6.45, 7) is 2.65. The van der Waals surface area contributed by atoms with Crippen molar-refractivity contribution >= 4 is 5.78 Å². The van der Waals surface area contributed by atoms with Crippen molar-refractivity contribution in [2.45, 2.75) is 31.4 Å². The van der Waals surface area contributed by atoms with Crippen LogP contribution in [0.4, 0.5) is 0 Å². The SMILES string of the molecule is CC([NH2+]CCC(=O)C(c1ccccc1)c1ccccc1)C(O)c1ccccc1.O.[Cl-]. The molecular weight excluding hydrogens is 398 g/mol. The van der Waals surface area contributed by atoms with E-state index in [0.717, 1.165) is 16.7 Å². The normalized spacial score (nSPS) is 12.4. The first kappa shape index (κ1) is 25.5. The van der Waals surface area contributed by atoms with Gasteiger partial charge in [-0.1, -0.05) is 91.0 Å². The molecule has 0 fully saturated rings. The molecule has 0 aliphatic carbocycles. The molecule has 0 heterocycles. The van der Waals surface area contributed by atoms with Gasteiger partial charge in [0.05, 0.1) is 18.9 Å². The van der Waals surface area contributed by atoms with E-state index in [1.165, 1.54) is 0 Å². The van der Waals surface area contributed by atoms with Gasteiger partial charge in [0, 0.05) is 0 Å². The lowest BCUT2D eigenvalue weighted by Gasteiger charge is -2.19. The third kappa shape index (κ3) is 6.78. The third-order valence-electron chi connectivity index (χ3n) is 5.16. The van der Waals surface area contributed by atoms with Gasteiger partial charge in [-0.25, -0.2) is 0 Å². The summed E-state index contributed by atoms with van der Waals surface area (Å²) in [6, 6.07) is 29.5. The van der Waals surface area contributed by atoms with E-state index in [4.69, 9.17) is 0 Å². The molecule has 0 aliphatic rings. The van der Waals surface area contributed by atoms with Crippen LogP contribution in [0.3, 0.4) is 0 Å². The maximum Gasteiger partial charge on any atom is 0.150 e. The van der Waals surface area contributed by atoms with Gasteiger partial charge in [0.2, 0.25) is 0 Å². The van der Waals surface area contributed by atoms with Crippen molar-refractivity contribution in [2.24, 2.45) is 0 Å². The Labute approximate surface area is 184 Å². The van der Waals surface area contributed by atoms with Gasteiger partial charge >= 0.3 is 0 Å². The molecule has 0 saturated carbocycles. The van der Waals surface area contributed by atoms with Crippen molar-refractivity contribution in [1.29, 1.82) is 0 Å². The minimum Gasteiger partial charge on any atom is -1.00 e. The quantitative estimate of drug-likeness (QED) is 0.489. The van der Waals surface area contributed by atoms with E-state index in [1.54, 1.807) is 0 Å². The van der Waals surface area contributed by atoms with Crippen molar-refractivity contribution in [1.82, 2.24) is 0 Å². The zero-order valence-electron chi connectivity index (χ0n) is 17.1. The second kappa shape index (κ2) is 12.9. The number of rotatable bonds is 9. The minimum atomic E-state index is -0.546. The van der Waals surface area contributed by atoms with Crippen LogP contribution in [-0.4, -0.2) is 29.0 Å². The van der Waals surface area contributed by atoms with Crippen LogP contribution in [-0.2, 0) is 4.79 Å². The number of ketones is 1. The predicted octanol–water partition coefficient (Wildman–Crippen LogP) is -0.357. The first-order valence-electron chi connectivity index (χ1n) is 9.85. The van der Waals surface area contributed by atoms with Gasteiger partial charge in [0.25, 0.3) is 0 Å². The van der Waals surface area contributed by atoms with Crippen LogP contribution >= 0.6 is 0 Å². The highest BCUT2D eigenvalue weighted by Gasteiger charge is 2.24. The molecule has 160 valence electrons. The Morgan fingerprint density at radius 3 is 1.63 bits per heavy atom. The number of carbonyl (C=O) groups excluding carboxylic acids is 1. The second-order valence-electron chi connectivity index (χ2n) is 7.21. The summed E-state index contributed by atoms with van der Waals surface area (Å²) in [7, 11) is 0. The summed E-state index contributed by atoms with van der Waals surface area (Å²) in [6.07, 6.45) is -0.0873. The Morgan fingerprint density at radius 1 is 0.800 bits per heavy atom. The third-order valence-corrected chi connectivity index (χ3v) is 5.16. The molecule has 0 aliphatic heterocycles. The molecule has 0 amide bonds. The van der Waals surface area contributed by atoms with Gasteiger partial charge in [-0.2, -0.15) is 0 Å². The van der Waals surface area contributed by atoms with Crippen LogP contribution in [0.25, 0.3) is 0 Å². The smallest absolute Gasteiger partial charge is 0.150 e. The molecule has 0 saturated heterocycles. The summed E-state index contributed by atoms with van der Waals surface area (Å²) < 4.78 is 0. The monoisotopic (exact) mass is 427 g/mol. The fourth-order valence-electron chi connectivity index (χ4n) is 3.57. The molecule has 4 nitrogen and oxygen atoms in total. The maximum atomic E-state index is 13.1. The average Bonchev–Trinajstić information content (AvgIpc) is 2.75. The number of hydrogen-bond donors (Lipinski definition) is 2. The van der Waals surface area contributed by atoms with E-state index >= 15 is 0 Å². The van der Waals surface area contributed by atoms with E-state index in [1.807, 2.05) is 97.9 Å². The first-order valence-corrected chi connectivity index (χ1v) is 9.85. The molecule has 0 radical (unpaired) electrons. The molecule has 5 N–H and O–H groups in total. The standard InChI is InChI=1S/C25H27NO2.ClH.H2O/c1-19(25(28)22-15-9-4-10-16-22)26-18-17-23(27)24(20-11-5-2-6-12-20)21-13-7-3-8-14-21;;/h2-16,19,24-26,28H,17-18H2,1H3;1H;1H2. The van der Waals surface area contributed by atoms with Gasteiger partial charge in [-0.15, -0.1) is 0 Å². The van der Waals surface area contributed by atoms with Crippen LogP contribution in [0.5, 0.6) is 0 Å². The average molecular weight is 428 g/mol. The van der Waals surface area contributed by atoms with Crippen LogP contribution in [0.1, 0.15) is 42.1 Å². The fraction of sp³-hybridized carbons (Fsp3) is 0.240. The van der Waals surface area contributed by atoms with E-state index in [0.29, 0.717) is 13.0 Å². The van der Waals surface area contributed by atoms with E-state index < -0.39 is 6.10 Å². The number of nitrogens with two attached hydrogens (primary N) is 1. The number of hydrogen-bond acceptors (Lipinski definition) is 2. The van der Waals surface area contributed by atoms with E-state index in [-0.39, 0.29) is 35.6 Å². The van der Waals surface area contributed by atoms with Crippen LogP contribution in [0.15, 0.2) is 91.0 Å². The van der Waals surface area contributed by atoms with Crippen LogP contribution < -0.4 is 17.7 Å². The Balaban J connectivity index is 0.00000225. The Morgan fingerprint density at radius 2 is 1.20 bits per heavy atom. The molecule has 5 heteroatoms. The molecule has 0 bridgehead atoms. The molecule has 0 aromatic heterocycles. The van der Waals surface area contributed by atoms with Crippen molar-refractivity contribution in [2.75, 3.05) is 6.54 Å². The number of benzene rings is 3. The molecule has 30 heavy (non-hydrogen) atoms. The molecule has 3 aromatic carbocycles. The van der Waals surface area contributed by atoms with Crippen LogP contribution in [0.2, 0.25) is 0 Å². The van der Waals surface area contributed by atoms with Gasteiger partial charge in [0.15, 0.2) is 0 Å². The molecule has 0 spiro atoms. The van der Waals surface area contributed by atoms with Gasteiger partial charge in [-0.3, -0.25) is 4.79 Å². The van der Waals surface area contributed by atoms with Crippen molar-refractivity contribution < 1.29 is 33.1 Å². The largest absolute Gasteiger partial charge is 1.00 e. The lowest BCUT2D eigenvalue weighted by Crippen LogP contribution is -3.00. The topological polar surface area (TPSA) is 85.4 Å². The highest BCUT2D eigenvalue weighted by molar-refractivity contribution is 5.89. The zero-order valence-corrected chi connectivity index (χ0v) is 17.9. The number of Topliss-reactive ketones (excluding diaryl/α,β-unsaturated/α-hetero) is 1. The number of carbonyl (C=O) groups is 1. The number of aliphatic hydroxyl groups excluding tert-OH is 1. The Bertz CT molecular complexity index is 820. The van der Waals surface area contributed by atoms with Gasteiger partial charge in [0.1, 0.15) is 17.9 Å². The lowest BCUT2D eigenvalue weighted by atomic mass is 9.86. The fourth-order valence-corrected chi connectivity index (χ4v) is 3.57.